The number of rotatable bonds is 2. The minimum atomic E-state index is 0.477. The second-order valence-corrected chi connectivity index (χ2v) is 6.38. The molecule has 1 unspecified atom stereocenters. The predicted octanol–water partition coefficient (Wildman–Crippen LogP) is 2.18. The van der Waals surface area contributed by atoms with E-state index in [0.29, 0.717) is 16.9 Å². The van der Waals surface area contributed by atoms with Crippen LogP contribution in [0.3, 0.4) is 0 Å². The van der Waals surface area contributed by atoms with Gasteiger partial charge in [-0.2, -0.15) is 0 Å². The standard InChI is InChI=1S/C13H23NO/c1-12(2)9(8-14)11(12)13-5-3-4-10(13)15-7-6-13/h9-11H,3-8,14H2,1-2H3/t9-,10-,11-,13?/m1/s1. The van der Waals surface area contributed by atoms with Gasteiger partial charge in [0.2, 0.25) is 0 Å². The summed E-state index contributed by atoms with van der Waals surface area (Å²) < 4.78 is 5.93. The summed E-state index contributed by atoms with van der Waals surface area (Å²) in [6, 6.07) is 0. The van der Waals surface area contributed by atoms with Crippen molar-refractivity contribution in [2.75, 3.05) is 13.2 Å². The van der Waals surface area contributed by atoms with Crippen LogP contribution in [-0.4, -0.2) is 19.3 Å². The molecule has 86 valence electrons. The SMILES string of the molecule is CC1(C)[C@H](CN)[C@H]1C12CCC[C@H]1OCC2. The molecule has 3 rings (SSSR count). The lowest BCUT2D eigenvalue weighted by atomic mass is 9.75. The molecule has 2 heteroatoms. The van der Waals surface area contributed by atoms with E-state index in [1.807, 2.05) is 0 Å². The summed E-state index contributed by atoms with van der Waals surface area (Å²) >= 11 is 0. The van der Waals surface area contributed by atoms with E-state index in [1.165, 1.54) is 25.7 Å². The Kier molecular flexibility index (Phi) is 2.01. The minimum absolute atomic E-state index is 0.477. The molecule has 0 bridgehead atoms. The molecule has 0 aromatic rings. The van der Waals surface area contributed by atoms with E-state index in [-0.39, 0.29) is 0 Å². The highest BCUT2D eigenvalue weighted by Gasteiger charge is 2.69. The highest BCUT2D eigenvalue weighted by atomic mass is 16.5. The molecule has 15 heavy (non-hydrogen) atoms. The molecule has 4 atom stereocenters. The quantitative estimate of drug-likeness (QED) is 0.756. The molecule has 2 aliphatic carbocycles. The lowest BCUT2D eigenvalue weighted by molar-refractivity contribution is 0.0528. The maximum absolute atomic E-state index is 5.93. The van der Waals surface area contributed by atoms with Gasteiger partial charge in [-0.15, -0.1) is 0 Å². The number of hydrogen-bond acceptors (Lipinski definition) is 2. The van der Waals surface area contributed by atoms with Crippen molar-refractivity contribution < 1.29 is 4.74 Å². The molecule has 1 saturated heterocycles. The number of nitrogens with two attached hydrogens (primary N) is 1. The van der Waals surface area contributed by atoms with Crippen molar-refractivity contribution in [3.8, 4) is 0 Å². The van der Waals surface area contributed by atoms with Crippen LogP contribution in [0.4, 0.5) is 0 Å². The molecule has 0 amide bonds. The first-order chi connectivity index (χ1) is 7.13. The minimum Gasteiger partial charge on any atom is -0.378 e. The van der Waals surface area contributed by atoms with Gasteiger partial charge in [0.25, 0.3) is 0 Å². The van der Waals surface area contributed by atoms with Gasteiger partial charge in [-0.05, 0) is 43.1 Å². The Morgan fingerprint density at radius 1 is 1.33 bits per heavy atom. The third-order valence-electron chi connectivity index (χ3n) is 5.56. The van der Waals surface area contributed by atoms with Gasteiger partial charge in [0.1, 0.15) is 0 Å². The van der Waals surface area contributed by atoms with Crippen molar-refractivity contribution in [3.63, 3.8) is 0 Å². The Morgan fingerprint density at radius 3 is 2.80 bits per heavy atom. The molecule has 1 heterocycles. The van der Waals surface area contributed by atoms with Gasteiger partial charge < -0.3 is 10.5 Å². The Balaban J connectivity index is 1.88. The Morgan fingerprint density at radius 2 is 2.13 bits per heavy atom. The van der Waals surface area contributed by atoms with Crippen LogP contribution in [0.1, 0.15) is 39.5 Å². The zero-order valence-corrected chi connectivity index (χ0v) is 9.96. The van der Waals surface area contributed by atoms with Crippen LogP contribution in [0.15, 0.2) is 0 Å². The first kappa shape index (κ1) is 10.1. The normalized spacial score (nSPS) is 51.8. The van der Waals surface area contributed by atoms with E-state index >= 15 is 0 Å². The first-order valence-electron chi connectivity index (χ1n) is 6.44. The fourth-order valence-corrected chi connectivity index (χ4v) is 4.83. The largest absolute Gasteiger partial charge is 0.378 e. The second-order valence-electron chi connectivity index (χ2n) is 6.38. The number of ether oxygens (including phenoxy) is 1. The lowest BCUT2D eigenvalue weighted by Crippen LogP contribution is -2.30. The smallest absolute Gasteiger partial charge is 0.0635 e. The predicted molar refractivity (Wildman–Crippen MR) is 60.5 cm³/mol. The summed E-state index contributed by atoms with van der Waals surface area (Å²) in [5.74, 6) is 1.59. The maximum Gasteiger partial charge on any atom is 0.0635 e. The highest BCUT2D eigenvalue weighted by molar-refractivity contribution is 5.17. The molecule has 2 nitrogen and oxygen atoms in total. The Hall–Kier alpha value is -0.0800. The molecule has 0 aromatic carbocycles. The first-order valence-corrected chi connectivity index (χ1v) is 6.44. The fraction of sp³-hybridized carbons (Fsp3) is 1.00. The average Bonchev–Trinajstić information content (AvgIpc) is 2.54. The molecule has 2 saturated carbocycles. The summed E-state index contributed by atoms with van der Waals surface area (Å²) in [7, 11) is 0. The summed E-state index contributed by atoms with van der Waals surface area (Å²) in [4.78, 5) is 0. The van der Waals surface area contributed by atoms with Gasteiger partial charge in [0, 0.05) is 12.0 Å². The molecular formula is C13H23NO. The highest BCUT2D eigenvalue weighted by Crippen LogP contribution is 2.71. The topological polar surface area (TPSA) is 35.2 Å². The van der Waals surface area contributed by atoms with Gasteiger partial charge >= 0.3 is 0 Å². The summed E-state index contributed by atoms with van der Waals surface area (Å²) in [6.07, 6.45) is 5.92. The van der Waals surface area contributed by atoms with Gasteiger partial charge in [0.05, 0.1) is 6.10 Å². The third-order valence-corrected chi connectivity index (χ3v) is 5.56. The van der Waals surface area contributed by atoms with Crippen molar-refractivity contribution in [3.05, 3.63) is 0 Å². The Bertz CT molecular complexity index is 264. The van der Waals surface area contributed by atoms with E-state index in [2.05, 4.69) is 13.8 Å². The lowest BCUT2D eigenvalue weighted by Gasteiger charge is -2.29. The third kappa shape index (κ3) is 1.13. The van der Waals surface area contributed by atoms with Gasteiger partial charge in [-0.25, -0.2) is 0 Å². The zero-order chi connectivity index (χ0) is 10.7. The van der Waals surface area contributed by atoms with E-state index in [4.69, 9.17) is 10.5 Å². The van der Waals surface area contributed by atoms with E-state index in [9.17, 15) is 0 Å². The molecular weight excluding hydrogens is 186 g/mol. The van der Waals surface area contributed by atoms with E-state index < -0.39 is 0 Å². The van der Waals surface area contributed by atoms with Crippen molar-refractivity contribution in [1.29, 1.82) is 0 Å². The molecule has 0 aromatic heterocycles. The van der Waals surface area contributed by atoms with E-state index in [1.54, 1.807) is 0 Å². The van der Waals surface area contributed by atoms with Crippen LogP contribution in [0, 0.1) is 22.7 Å². The summed E-state index contributed by atoms with van der Waals surface area (Å²) in [6.45, 7) is 6.66. The molecule has 1 aliphatic heterocycles. The average molecular weight is 209 g/mol. The van der Waals surface area contributed by atoms with Crippen LogP contribution in [0.2, 0.25) is 0 Å². The van der Waals surface area contributed by atoms with Crippen molar-refractivity contribution in [2.24, 2.45) is 28.4 Å². The van der Waals surface area contributed by atoms with Gasteiger partial charge in [-0.1, -0.05) is 20.3 Å². The van der Waals surface area contributed by atoms with Gasteiger partial charge in [0.15, 0.2) is 0 Å². The second kappa shape index (κ2) is 2.98. The zero-order valence-electron chi connectivity index (χ0n) is 9.96. The van der Waals surface area contributed by atoms with Crippen molar-refractivity contribution in [2.45, 2.75) is 45.6 Å². The van der Waals surface area contributed by atoms with Crippen LogP contribution in [0.25, 0.3) is 0 Å². The fourth-order valence-electron chi connectivity index (χ4n) is 4.83. The maximum atomic E-state index is 5.93. The molecule has 2 N–H and O–H groups in total. The molecule has 3 fully saturated rings. The van der Waals surface area contributed by atoms with Gasteiger partial charge in [-0.3, -0.25) is 0 Å². The van der Waals surface area contributed by atoms with Crippen LogP contribution < -0.4 is 5.73 Å². The van der Waals surface area contributed by atoms with Crippen molar-refractivity contribution >= 4 is 0 Å². The van der Waals surface area contributed by atoms with Crippen LogP contribution in [0.5, 0.6) is 0 Å². The number of fused-ring (bicyclic) bond motifs is 1. The summed E-state index contributed by atoms with van der Waals surface area (Å²) in [5.41, 5.74) is 6.90. The van der Waals surface area contributed by atoms with E-state index in [0.717, 1.165) is 25.0 Å². The molecule has 0 radical (unpaired) electrons. The van der Waals surface area contributed by atoms with Crippen LogP contribution in [-0.2, 0) is 4.74 Å². The molecule has 3 aliphatic rings. The number of hydrogen-bond donors (Lipinski definition) is 1. The Labute approximate surface area is 92.6 Å². The summed E-state index contributed by atoms with van der Waals surface area (Å²) in [5, 5.41) is 0. The monoisotopic (exact) mass is 209 g/mol. The molecule has 0 spiro atoms. The van der Waals surface area contributed by atoms with Crippen molar-refractivity contribution in [1.82, 2.24) is 0 Å². The van der Waals surface area contributed by atoms with Crippen LogP contribution >= 0.6 is 0 Å².